The number of rotatable bonds is 6. The predicted molar refractivity (Wildman–Crippen MR) is 87.9 cm³/mol. The van der Waals surface area contributed by atoms with Crippen LogP contribution in [-0.4, -0.2) is 23.3 Å². The summed E-state index contributed by atoms with van der Waals surface area (Å²) in [6.07, 6.45) is 2.91. The van der Waals surface area contributed by atoms with Crippen LogP contribution in [0.5, 0.6) is 0 Å². The summed E-state index contributed by atoms with van der Waals surface area (Å²) in [6, 6.07) is 3.72. The Labute approximate surface area is 135 Å². The Kier molecular flexibility index (Phi) is 5.51. The first-order valence-electron chi connectivity index (χ1n) is 6.77. The largest absolute Gasteiger partial charge is 0.385 e. The van der Waals surface area contributed by atoms with Crippen LogP contribution in [0.1, 0.15) is 17.7 Å². The Morgan fingerprint density at radius 1 is 1.29 bits per heavy atom. The molecule has 0 aliphatic carbocycles. The number of ether oxygens (including phenoxy) is 1. The molecule has 0 aliphatic rings. The summed E-state index contributed by atoms with van der Waals surface area (Å²) in [6.45, 7) is 5.43. The van der Waals surface area contributed by atoms with Crippen LogP contribution in [0.25, 0.3) is 0 Å². The SMILES string of the molecule is COCCCn1cc(C)nc1Nc1c(Cl)ccc(C)c1Cl. The highest BCUT2D eigenvalue weighted by Gasteiger charge is 2.12. The molecular formula is C15H19Cl2N3O. The van der Waals surface area contributed by atoms with Crippen LogP contribution in [0, 0.1) is 13.8 Å². The molecule has 0 amide bonds. The highest BCUT2D eigenvalue weighted by Crippen LogP contribution is 2.34. The van der Waals surface area contributed by atoms with E-state index in [1.807, 2.05) is 36.7 Å². The van der Waals surface area contributed by atoms with Crippen LogP contribution < -0.4 is 5.32 Å². The number of anilines is 2. The fourth-order valence-electron chi connectivity index (χ4n) is 2.08. The van der Waals surface area contributed by atoms with Crippen molar-refractivity contribution in [1.29, 1.82) is 0 Å². The fraction of sp³-hybridized carbons (Fsp3) is 0.400. The van der Waals surface area contributed by atoms with Crippen molar-refractivity contribution in [3.05, 3.63) is 39.6 Å². The molecule has 0 aliphatic heterocycles. The third-order valence-electron chi connectivity index (χ3n) is 3.17. The molecule has 4 nitrogen and oxygen atoms in total. The fourth-order valence-corrected chi connectivity index (χ4v) is 2.54. The van der Waals surface area contributed by atoms with Crippen molar-refractivity contribution < 1.29 is 4.74 Å². The Hall–Kier alpha value is -1.23. The maximum absolute atomic E-state index is 6.33. The van der Waals surface area contributed by atoms with E-state index < -0.39 is 0 Å². The van der Waals surface area contributed by atoms with Gasteiger partial charge in [-0.3, -0.25) is 0 Å². The number of nitrogens with one attached hydrogen (secondary N) is 1. The normalized spacial score (nSPS) is 10.9. The second-order valence-electron chi connectivity index (χ2n) is 4.92. The quantitative estimate of drug-likeness (QED) is 0.789. The van der Waals surface area contributed by atoms with Gasteiger partial charge >= 0.3 is 0 Å². The average molecular weight is 328 g/mol. The molecule has 0 unspecified atom stereocenters. The predicted octanol–water partition coefficient (Wildman–Crippen LogP) is 4.59. The number of aromatic nitrogens is 2. The van der Waals surface area contributed by atoms with Crippen molar-refractivity contribution in [1.82, 2.24) is 9.55 Å². The summed E-state index contributed by atoms with van der Waals surface area (Å²) >= 11 is 12.6. The standard InChI is InChI=1S/C15H19Cl2N3O/c1-10-5-6-12(16)14(13(10)17)19-15-18-11(2)9-20(15)7-4-8-21-3/h5-6,9H,4,7-8H2,1-3H3,(H,18,19). The monoisotopic (exact) mass is 327 g/mol. The maximum Gasteiger partial charge on any atom is 0.207 e. The first-order chi connectivity index (χ1) is 10.0. The molecule has 21 heavy (non-hydrogen) atoms. The zero-order valence-corrected chi connectivity index (χ0v) is 13.9. The average Bonchev–Trinajstić information content (AvgIpc) is 2.80. The molecule has 0 bridgehead atoms. The van der Waals surface area contributed by atoms with Gasteiger partial charge in [-0.05, 0) is 31.9 Å². The number of benzene rings is 1. The summed E-state index contributed by atoms with van der Waals surface area (Å²) in [7, 11) is 1.70. The Morgan fingerprint density at radius 3 is 2.76 bits per heavy atom. The van der Waals surface area contributed by atoms with Crippen LogP contribution in [0.2, 0.25) is 10.0 Å². The second kappa shape index (κ2) is 7.16. The number of methoxy groups -OCH3 is 1. The maximum atomic E-state index is 6.33. The third kappa shape index (κ3) is 3.90. The zero-order chi connectivity index (χ0) is 15.4. The van der Waals surface area contributed by atoms with Gasteiger partial charge in [-0.1, -0.05) is 29.3 Å². The number of nitrogens with zero attached hydrogens (tertiary/aromatic N) is 2. The van der Waals surface area contributed by atoms with E-state index in [1.165, 1.54) is 0 Å². The van der Waals surface area contributed by atoms with E-state index in [-0.39, 0.29) is 0 Å². The van der Waals surface area contributed by atoms with Gasteiger partial charge in [0, 0.05) is 26.5 Å². The van der Waals surface area contributed by atoms with Crippen LogP contribution >= 0.6 is 23.2 Å². The number of aryl methyl sites for hydroxylation is 3. The highest BCUT2D eigenvalue weighted by atomic mass is 35.5. The minimum atomic E-state index is 0.578. The summed E-state index contributed by atoms with van der Waals surface area (Å²) in [5.74, 6) is 0.734. The molecule has 0 atom stereocenters. The summed E-state index contributed by atoms with van der Waals surface area (Å²) in [5, 5.41) is 4.44. The molecule has 1 aromatic heterocycles. The van der Waals surface area contributed by atoms with E-state index in [9.17, 15) is 0 Å². The van der Waals surface area contributed by atoms with Gasteiger partial charge in [-0.2, -0.15) is 0 Å². The molecular weight excluding hydrogens is 309 g/mol. The smallest absolute Gasteiger partial charge is 0.207 e. The van der Waals surface area contributed by atoms with Gasteiger partial charge in [0.2, 0.25) is 5.95 Å². The minimum Gasteiger partial charge on any atom is -0.385 e. The minimum absolute atomic E-state index is 0.578. The lowest BCUT2D eigenvalue weighted by molar-refractivity contribution is 0.190. The van der Waals surface area contributed by atoms with Gasteiger partial charge < -0.3 is 14.6 Å². The second-order valence-corrected chi connectivity index (χ2v) is 5.71. The highest BCUT2D eigenvalue weighted by molar-refractivity contribution is 6.39. The molecule has 0 radical (unpaired) electrons. The molecule has 0 saturated carbocycles. The lowest BCUT2D eigenvalue weighted by Gasteiger charge is -2.13. The van der Waals surface area contributed by atoms with Crippen molar-refractivity contribution in [2.75, 3.05) is 19.0 Å². The summed E-state index contributed by atoms with van der Waals surface area (Å²) in [4.78, 5) is 4.49. The molecule has 0 saturated heterocycles. The Morgan fingerprint density at radius 2 is 2.05 bits per heavy atom. The third-order valence-corrected chi connectivity index (χ3v) is 3.97. The van der Waals surface area contributed by atoms with E-state index in [0.717, 1.165) is 30.2 Å². The van der Waals surface area contributed by atoms with E-state index in [0.29, 0.717) is 22.3 Å². The van der Waals surface area contributed by atoms with E-state index >= 15 is 0 Å². The number of imidazole rings is 1. The molecule has 2 rings (SSSR count). The van der Waals surface area contributed by atoms with Gasteiger partial charge in [0.15, 0.2) is 0 Å². The van der Waals surface area contributed by atoms with Crippen LogP contribution in [0.15, 0.2) is 18.3 Å². The Balaban J connectivity index is 2.25. The van der Waals surface area contributed by atoms with Crippen molar-refractivity contribution in [2.24, 2.45) is 0 Å². The zero-order valence-electron chi connectivity index (χ0n) is 12.4. The molecule has 6 heteroatoms. The van der Waals surface area contributed by atoms with Gasteiger partial charge in [-0.25, -0.2) is 4.98 Å². The summed E-state index contributed by atoms with van der Waals surface area (Å²) < 4.78 is 7.13. The van der Waals surface area contributed by atoms with E-state index in [4.69, 9.17) is 27.9 Å². The van der Waals surface area contributed by atoms with Gasteiger partial charge in [-0.15, -0.1) is 0 Å². The molecule has 1 aromatic carbocycles. The van der Waals surface area contributed by atoms with Crippen LogP contribution in [0.3, 0.4) is 0 Å². The molecule has 114 valence electrons. The van der Waals surface area contributed by atoms with E-state index in [2.05, 4.69) is 10.3 Å². The van der Waals surface area contributed by atoms with E-state index in [1.54, 1.807) is 7.11 Å². The number of hydrogen-bond acceptors (Lipinski definition) is 3. The lowest BCUT2D eigenvalue weighted by Crippen LogP contribution is -2.06. The van der Waals surface area contributed by atoms with Crippen molar-refractivity contribution in [3.8, 4) is 0 Å². The topological polar surface area (TPSA) is 39.1 Å². The van der Waals surface area contributed by atoms with Gasteiger partial charge in [0.1, 0.15) is 0 Å². The number of halogens is 2. The van der Waals surface area contributed by atoms with Crippen LogP contribution in [-0.2, 0) is 11.3 Å². The van der Waals surface area contributed by atoms with Crippen LogP contribution in [0.4, 0.5) is 11.6 Å². The lowest BCUT2D eigenvalue weighted by atomic mass is 10.2. The van der Waals surface area contributed by atoms with Gasteiger partial charge in [0.25, 0.3) is 0 Å². The molecule has 2 aromatic rings. The Bertz CT molecular complexity index is 626. The first kappa shape index (κ1) is 16.1. The van der Waals surface area contributed by atoms with Crippen molar-refractivity contribution >= 4 is 34.8 Å². The van der Waals surface area contributed by atoms with Crippen molar-refractivity contribution in [2.45, 2.75) is 26.8 Å². The number of hydrogen-bond donors (Lipinski definition) is 1. The van der Waals surface area contributed by atoms with Crippen molar-refractivity contribution in [3.63, 3.8) is 0 Å². The molecule has 1 N–H and O–H groups in total. The molecule has 0 spiro atoms. The van der Waals surface area contributed by atoms with Gasteiger partial charge in [0.05, 0.1) is 21.4 Å². The first-order valence-corrected chi connectivity index (χ1v) is 7.53. The molecule has 1 heterocycles. The summed E-state index contributed by atoms with van der Waals surface area (Å²) in [5.41, 5.74) is 2.60. The molecule has 0 fully saturated rings.